The van der Waals surface area contributed by atoms with Gasteiger partial charge in [-0.25, -0.2) is 14.8 Å². The molecule has 1 unspecified atom stereocenters. The lowest BCUT2D eigenvalue weighted by atomic mass is 10.2. The summed E-state index contributed by atoms with van der Waals surface area (Å²) in [5.41, 5.74) is 0.730. The molecule has 1 aromatic heterocycles. The summed E-state index contributed by atoms with van der Waals surface area (Å²) in [5, 5.41) is 9.19. The van der Waals surface area contributed by atoms with Gasteiger partial charge >= 0.3 is 5.97 Å². The van der Waals surface area contributed by atoms with Crippen molar-refractivity contribution < 1.29 is 19.4 Å². The van der Waals surface area contributed by atoms with Gasteiger partial charge in [-0.3, -0.25) is 0 Å². The molecular formula is C11H15N3O4. The van der Waals surface area contributed by atoms with E-state index in [-0.39, 0.29) is 6.61 Å². The Balaban J connectivity index is 2.36. The predicted octanol–water partition coefficient (Wildman–Crippen LogP) is 0.0834. The van der Waals surface area contributed by atoms with Crippen molar-refractivity contribution in [2.24, 2.45) is 0 Å². The highest BCUT2D eigenvalue weighted by molar-refractivity contribution is 5.78. The number of morpholine rings is 1. The van der Waals surface area contributed by atoms with E-state index in [4.69, 9.17) is 9.47 Å². The van der Waals surface area contributed by atoms with E-state index in [1.807, 2.05) is 6.92 Å². The van der Waals surface area contributed by atoms with Crippen LogP contribution in [0, 0.1) is 6.92 Å². The number of anilines is 1. The quantitative estimate of drug-likeness (QED) is 0.816. The zero-order chi connectivity index (χ0) is 13.1. The van der Waals surface area contributed by atoms with Crippen molar-refractivity contribution in [3.63, 3.8) is 0 Å². The molecule has 0 saturated carbocycles. The van der Waals surface area contributed by atoms with Crippen LogP contribution in [0.1, 0.15) is 5.56 Å². The van der Waals surface area contributed by atoms with E-state index in [2.05, 4.69) is 9.97 Å². The second-order valence-electron chi connectivity index (χ2n) is 3.95. The summed E-state index contributed by atoms with van der Waals surface area (Å²) in [6.45, 7) is 2.93. The summed E-state index contributed by atoms with van der Waals surface area (Å²) in [6.07, 6.45) is 1.37. The maximum Gasteiger partial charge on any atom is 0.328 e. The molecule has 2 heterocycles. The molecule has 0 aromatic carbocycles. The monoisotopic (exact) mass is 253 g/mol. The van der Waals surface area contributed by atoms with Gasteiger partial charge in [0.25, 0.3) is 0 Å². The van der Waals surface area contributed by atoms with Crippen molar-refractivity contribution in [2.45, 2.75) is 13.0 Å². The molecule has 1 fully saturated rings. The summed E-state index contributed by atoms with van der Waals surface area (Å²) in [7, 11) is 1.52. The molecule has 18 heavy (non-hydrogen) atoms. The average Bonchev–Trinajstić information content (AvgIpc) is 2.39. The third-order valence-corrected chi connectivity index (χ3v) is 2.89. The predicted molar refractivity (Wildman–Crippen MR) is 62.9 cm³/mol. The summed E-state index contributed by atoms with van der Waals surface area (Å²) in [6, 6.07) is -0.725. The van der Waals surface area contributed by atoms with Crippen molar-refractivity contribution in [3.05, 3.63) is 11.9 Å². The zero-order valence-electron chi connectivity index (χ0n) is 10.3. The molecule has 1 atom stereocenters. The maximum atomic E-state index is 11.2. The summed E-state index contributed by atoms with van der Waals surface area (Å²) >= 11 is 0. The third-order valence-electron chi connectivity index (χ3n) is 2.89. The number of nitrogens with zero attached hydrogens (tertiary/aromatic N) is 3. The standard InChI is InChI=1S/C11H15N3O4/c1-7-9(12-6-13-10(7)17-2)14-3-4-18-5-8(14)11(15)16/h6,8H,3-5H2,1-2H3,(H,15,16). The summed E-state index contributed by atoms with van der Waals surface area (Å²) in [4.78, 5) is 21.1. The van der Waals surface area contributed by atoms with Crippen molar-refractivity contribution in [1.82, 2.24) is 9.97 Å². The van der Waals surface area contributed by atoms with Crippen molar-refractivity contribution >= 4 is 11.8 Å². The Kier molecular flexibility index (Phi) is 3.61. The fourth-order valence-electron chi connectivity index (χ4n) is 1.98. The molecule has 98 valence electrons. The van der Waals surface area contributed by atoms with E-state index in [9.17, 15) is 9.90 Å². The fourth-order valence-corrected chi connectivity index (χ4v) is 1.98. The number of hydrogen-bond donors (Lipinski definition) is 1. The lowest BCUT2D eigenvalue weighted by Crippen LogP contribution is -2.50. The number of aliphatic carboxylic acids is 1. The Bertz CT molecular complexity index is 452. The van der Waals surface area contributed by atoms with Crippen LogP contribution in [0.15, 0.2) is 6.33 Å². The Hall–Kier alpha value is -1.89. The minimum absolute atomic E-state index is 0.154. The number of carbonyl (C=O) groups is 1. The van der Waals surface area contributed by atoms with Gasteiger partial charge in [0, 0.05) is 6.54 Å². The first-order valence-corrected chi connectivity index (χ1v) is 5.58. The molecule has 0 bridgehead atoms. The summed E-state index contributed by atoms with van der Waals surface area (Å²) < 4.78 is 10.3. The van der Waals surface area contributed by atoms with Gasteiger partial charge in [0.2, 0.25) is 5.88 Å². The minimum atomic E-state index is -0.924. The number of carboxylic acids is 1. The molecular weight excluding hydrogens is 238 g/mol. The molecule has 0 amide bonds. The highest BCUT2D eigenvalue weighted by atomic mass is 16.5. The minimum Gasteiger partial charge on any atom is -0.481 e. The molecule has 1 aliphatic heterocycles. The van der Waals surface area contributed by atoms with Crippen LogP contribution >= 0.6 is 0 Å². The molecule has 0 aliphatic carbocycles. The van der Waals surface area contributed by atoms with Crippen LogP contribution < -0.4 is 9.64 Å². The molecule has 1 saturated heterocycles. The van der Waals surface area contributed by atoms with E-state index in [0.29, 0.717) is 24.8 Å². The average molecular weight is 253 g/mol. The number of carboxylic acid groups (broad SMARTS) is 1. The number of aromatic nitrogens is 2. The molecule has 7 nitrogen and oxygen atoms in total. The van der Waals surface area contributed by atoms with Gasteiger partial charge < -0.3 is 19.5 Å². The Morgan fingerprint density at radius 1 is 1.61 bits per heavy atom. The van der Waals surface area contributed by atoms with Gasteiger partial charge in [-0.05, 0) is 6.92 Å². The molecule has 0 radical (unpaired) electrons. The lowest BCUT2D eigenvalue weighted by molar-refractivity contribution is -0.141. The van der Waals surface area contributed by atoms with Crippen LogP contribution in [0.3, 0.4) is 0 Å². The highest BCUT2D eigenvalue weighted by Crippen LogP contribution is 2.26. The van der Waals surface area contributed by atoms with Crippen LogP contribution in [0.2, 0.25) is 0 Å². The molecule has 1 N–H and O–H groups in total. The van der Waals surface area contributed by atoms with Crippen LogP contribution in [-0.4, -0.2) is 54.0 Å². The number of rotatable bonds is 3. The van der Waals surface area contributed by atoms with Crippen LogP contribution in [0.25, 0.3) is 0 Å². The first kappa shape index (κ1) is 12.6. The second-order valence-corrected chi connectivity index (χ2v) is 3.95. The van der Waals surface area contributed by atoms with E-state index in [1.165, 1.54) is 13.4 Å². The largest absolute Gasteiger partial charge is 0.481 e. The van der Waals surface area contributed by atoms with Gasteiger partial charge in [-0.2, -0.15) is 0 Å². The molecule has 1 aromatic rings. The van der Waals surface area contributed by atoms with Crippen LogP contribution in [-0.2, 0) is 9.53 Å². The van der Waals surface area contributed by atoms with Gasteiger partial charge in [0.05, 0.1) is 25.9 Å². The smallest absolute Gasteiger partial charge is 0.328 e. The Morgan fingerprint density at radius 2 is 2.39 bits per heavy atom. The van der Waals surface area contributed by atoms with E-state index in [1.54, 1.807) is 4.90 Å². The van der Waals surface area contributed by atoms with Crippen molar-refractivity contribution in [3.8, 4) is 5.88 Å². The lowest BCUT2D eigenvalue weighted by Gasteiger charge is -2.34. The van der Waals surface area contributed by atoms with Crippen LogP contribution in [0.4, 0.5) is 5.82 Å². The number of methoxy groups -OCH3 is 1. The van der Waals surface area contributed by atoms with Crippen molar-refractivity contribution in [2.75, 3.05) is 31.8 Å². The van der Waals surface area contributed by atoms with Gasteiger partial charge in [0.1, 0.15) is 12.1 Å². The Labute approximate surface area is 104 Å². The van der Waals surface area contributed by atoms with Gasteiger partial charge in [-0.15, -0.1) is 0 Å². The first-order valence-electron chi connectivity index (χ1n) is 5.58. The normalized spacial score (nSPS) is 19.7. The molecule has 0 spiro atoms. The first-order chi connectivity index (χ1) is 8.65. The van der Waals surface area contributed by atoms with Crippen molar-refractivity contribution in [1.29, 1.82) is 0 Å². The highest BCUT2D eigenvalue weighted by Gasteiger charge is 2.31. The maximum absolute atomic E-state index is 11.2. The molecule has 1 aliphatic rings. The summed E-state index contributed by atoms with van der Waals surface area (Å²) in [5.74, 6) is 0.111. The zero-order valence-corrected chi connectivity index (χ0v) is 10.3. The SMILES string of the molecule is COc1ncnc(N2CCOCC2C(=O)O)c1C. The van der Waals surface area contributed by atoms with Crippen LogP contribution in [0.5, 0.6) is 5.88 Å². The van der Waals surface area contributed by atoms with E-state index in [0.717, 1.165) is 5.56 Å². The number of ether oxygens (including phenoxy) is 2. The third kappa shape index (κ3) is 2.21. The van der Waals surface area contributed by atoms with E-state index < -0.39 is 12.0 Å². The topological polar surface area (TPSA) is 84.8 Å². The van der Waals surface area contributed by atoms with Gasteiger partial charge in [0.15, 0.2) is 6.04 Å². The second kappa shape index (κ2) is 5.18. The fraction of sp³-hybridized carbons (Fsp3) is 0.545. The Morgan fingerprint density at radius 3 is 3.06 bits per heavy atom. The molecule has 7 heteroatoms. The van der Waals surface area contributed by atoms with Gasteiger partial charge in [-0.1, -0.05) is 0 Å². The number of hydrogen-bond acceptors (Lipinski definition) is 6. The van der Waals surface area contributed by atoms with E-state index >= 15 is 0 Å². The molecule has 2 rings (SSSR count).